The first-order chi connectivity index (χ1) is 13.9. The van der Waals surface area contributed by atoms with E-state index >= 15 is 0 Å². The molecular formula is C22H32N2O5. The molecule has 1 aromatic carbocycles. The number of hydrogen-bond acceptors (Lipinski definition) is 5. The lowest BCUT2D eigenvalue weighted by molar-refractivity contribution is -0.145. The van der Waals surface area contributed by atoms with Crippen LogP contribution in [0.5, 0.6) is 0 Å². The molecular weight excluding hydrogens is 372 g/mol. The van der Waals surface area contributed by atoms with Crippen molar-refractivity contribution in [2.24, 2.45) is 5.92 Å². The van der Waals surface area contributed by atoms with Crippen LogP contribution in [0.4, 0.5) is 4.79 Å². The van der Waals surface area contributed by atoms with Crippen LogP contribution in [0, 0.1) is 5.92 Å². The molecule has 0 aromatic heterocycles. The Morgan fingerprint density at radius 1 is 1.10 bits per heavy atom. The Morgan fingerprint density at radius 3 is 2.38 bits per heavy atom. The van der Waals surface area contributed by atoms with E-state index in [9.17, 15) is 14.4 Å². The van der Waals surface area contributed by atoms with E-state index in [2.05, 4.69) is 17.2 Å². The second-order valence-electron chi connectivity index (χ2n) is 7.19. The van der Waals surface area contributed by atoms with Gasteiger partial charge in [-0.3, -0.25) is 4.79 Å². The number of alkyl carbamates (subject to hydrolysis) is 1. The summed E-state index contributed by atoms with van der Waals surface area (Å²) >= 11 is 0. The summed E-state index contributed by atoms with van der Waals surface area (Å²) in [7, 11) is 1.28. The molecule has 0 fully saturated rings. The summed E-state index contributed by atoms with van der Waals surface area (Å²) in [5.74, 6) is -0.806. The van der Waals surface area contributed by atoms with Gasteiger partial charge in [-0.2, -0.15) is 0 Å². The van der Waals surface area contributed by atoms with Crippen molar-refractivity contribution in [1.29, 1.82) is 0 Å². The smallest absolute Gasteiger partial charge is 0.408 e. The fourth-order valence-electron chi connectivity index (χ4n) is 2.74. The third kappa shape index (κ3) is 9.78. The topological polar surface area (TPSA) is 93.7 Å². The number of carbonyl (C=O) groups is 3. The average molecular weight is 405 g/mol. The number of amides is 2. The summed E-state index contributed by atoms with van der Waals surface area (Å²) in [6.45, 7) is 7.64. The third-order valence-corrected chi connectivity index (χ3v) is 4.23. The quantitative estimate of drug-likeness (QED) is 0.317. The Labute approximate surface area is 172 Å². The molecule has 2 amide bonds. The first kappa shape index (κ1) is 24.2. The van der Waals surface area contributed by atoms with Crippen LogP contribution < -0.4 is 10.6 Å². The van der Waals surface area contributed by atoms with Crippen LogP contribution in [-0.2, 0) is 25.7 Å². The van der Waals surface area contributed by atoms with Gasteiger partial charge in [-0.05, 0) is 37.2 Å². The fraction of sp³-hybridized carbons (Fsp3) is 0.500. The first-order valence-corrected chi connectivity index (χ1v) is 9.83. The molecule has 160 valence electrons. The van der Waals surface area contributed by atoms with Crippen molar-refractivity contribution in [3.63, 3.8) is 0 Å². The molecule has 1 aromatic rings. The zero-order chi connectivity index (χ0) is 21.6. The van der Waals surface area contributed by atoms with Gasteiger partial charge in [0.05, 0.1) is 7.11 Å². The van der Waals surface area contributed by atoms with Crippen LogP contribution in [0.3, 0.4) is 0 Å². The lowest BCUT2D eigenvalue weighted by Gasteiger charge is -2.23. The van der Waals surface area contributed by atoms with Crippen LogP contribution in [0.2, 0.25) is 0 Å². The van der Waals surface area contributed by atoms with Crippen molar-refractivity contribution in [2.45, 2.75) is 58.2 Å². The Bertz CT molecular complexity index is 660. The maximum absolute atomic E-state index is 12.7. The Morgan fingerprint density at radius 2 is 1.79 bits per heavy atom. The summed E-state index contributed by atoms with van der Waals surface area (Å²) in [5, 5.41) is 5.30. The second kappa shape index (κ2) is 13.4. The van der Waals surface area contributed by atoms with Crippen LogP contribution in [0.25, 0.3) is 0 Å². The average Bonchev–Trinajstić information content (AvgIpc) is 2.71. The molecule has 0 spiro atoms. The number of esters is 1. The molecule has 0 saturated carbocycles. The zero-order valence-electron chi connectivity index (χ0n) is 17.5. The molecule has 0 saturated heterocycles. The maximum atomic E-state index is 12.7. The molecule has 0 aliphatic heterocycles. The molecule has 0 heterocycles. The number of benzene rings is 1. The lowest BCUT2D eigenvalue weighted by atomic mass is 10.0. The van der Waals surface area contributed by atoms with Crippen molar-refractivity contribution in [1.82, 2.24) is 10.6 Å². The van der Waals surface area contributed by atoms with E-state index in [4.69, 9.17) is 9.47 Å². The Balaban J connectivity index is 2.70. The molecule has 1 rings (SSSR count). The predicted octanol–water partition coefficient (Wildman–Crippen LogP) is 3.34. The fourth-order valence-corrected chi connectivity index (χ4v) is 2.74. The third-order valence-electron chi connectivity index (χ3n) is 4.23. The van der Waals surface area contributed by atoms with Gasteiger partial charge < -0.3 is 20.1 Å². The number of nitrogens with one attached hydrogen (secondary N) is 2. The molecule has 7 nitrogen and oxygen atoms in total. The number of methoxy groups -OCH3 is 1. The summed E-state index contributed by atoms with van der Waals surface area (Å²) < 4.78 is 9.99. The monoisotopic (exact) mass is 404 g/mol. The number of unbranched alkanes of at least 4 members (excludes halogenated alkanes) is 1. The minimum Gasteiger partial charge on any atom is -0.467 e. The molecule has 0 aliphatic rings. The molecule has 2 atom stereocenters. The first-order valence-electron chi connectivity index (χ1n) is 9.83. The summed E-state index contributed by atoms with van der Waals surface area (Å²) in [6, 6.07) is 7.68. The highest BCUT2D eigenvalue weighted by molar-refractivity contribution is 5.89. The maximum Gasteiger partial charge on any atom is 0.408 e. The van der Waals surface area contributed by atoms with Gasteiger partial charge in [0.25, 0.3) is 0 Å². The van der Waals surface area contributed by atoms with E-state index in [-0.39, 0.29) is 12.5 Å². The van der Waals surface area contributed by atoms with Crippen molar-refractivity contribution in [3.05, 3.63) is 48.6 Å². The van der Waals surface area contributed by atoms with Gasteiger partial charge in [0.15, 0.2) is 0 Å². The van der Waals surface area contributed by atoms with Gasteiger partial charge in [-0.1, -0.05) is 50.3 Å². The zero-order valence-corrected chi connectivity index (χ0v) is 17.5. The highest BCUT2D eigenvalue weighted by Gasteiger charge is 2.28. The molecule has 0 aliphatic carbocycles. The van der Waals surface area contributed by atoms with Gasteiger partial charge in [0.2, 0.25) is 5.91 Å². The molecule has 29 heavy (non-hydrogen) atoms. The van der Waals surface area contributed by atoms with Crippen molar-refractivity contribution in [3.8, 4) is 0 Å². The lowest BCUT2D eigenvalue weighted by Crippen LogP contribution is -2.52. The Kier molecular flexibility index (Phi) is 11.2. The second-order valence-corrected chi connectivity index (χ2v) is 7.19. The van der Waals surface area contributed by atoms with E-state index < -0.39 is 30.1 Å². The highest BCUT2D eigenvalue weighted by atomic mass is 16.5. The van der Waals surface area contributed by atoms with Crippen molar-refractivity contribution < 1.29 is 23.9 Å². The molecule has 0 bridgehead atoms. The van der Waals surface area contributed by atoms with E-state index in [1.165, 1.54) is 7.11 Å². The largest absolute Gasteiger partial charge is 0.467 e. The highest BCUT2D eigenvalue weighted by Crippen LogP contribution is 2.09. The standard InChI is InChI=1S/C22H32N2O5/c1-5-6-8-13-18(21(26)28-4)23-20(25)19(14-16(2)3)24-22(27)29-15-17-11-9-7-10-12-17/h5,7,9-12,16,18-19H,1,6,8,13-15H2,2-4H3,(H,23,25)(H,24,27)/t18-,19-/m0/s1. The predicted molar refractivity (Wildman–Crippen MR) is 111 cm³/mol. The summed E-state index contributed by atoms with van der Waals surface area (Å²) in [4.78, 5) is 36.9. The Hall–Kier alpha value is -2.83. The van der Waals surface area contributed by atoms with Crippen LogP contribution in [0.1, 0.15) is 45.1 Å². The van der Waals surface area contributed by atoms with E-state index in [1.54, 1.807) is 6.08 Å². The van der Waals surface area contributed by atoms with Gasteiger partial charge in [0, 0.05) is 0 Å². The van der Waals surface area contributed by atoms with Gasteiger partial charge >= 0.3 is 12.1 Å². The number of ether oxygens (including phenoxy) is 2. The van der Waals surface area contributed by atoms with E-state index in [0.29, 0.717) is 19.3 Å². The van der Waals surface area contributed by atoms with Crippen molar-refractivity contribution >= 4 is 18.0 Å². The normalized spacial score (nSPS) is 12.6. The van der Waals surface area contributed by atoms with Crippen molar-refractivity contribution in [2.75, 3.05) is 7.11 Å². The van der Waals surface area contributed by atoms with E-state index in [0.717, 1.165) is 12.0 Å². The number of allylic oxidation sites excluding steroid dienone is 1. The van der Waals surface area contributed by atoms with Crippen LogP contribution in [0.15, 0.2) is 43.0 Å². The molecule has 0 radical (unpaired) electrons. The summed E-state index contributed by atoms with van der Waals surface area (Å²) in [5.41, 5.74) is 0.848. The number of hydrogen-bond donors (Lipinski definition) is 2. The molecule has 0 unspecified atom stereocenters. The van der Waals surface area contributed by atoms with Gasteiger partial charge in [0.1, 0.15) is 18.7 Å². The van der Waals surface area contributed by atoms with Crippen LogP contribution >= 0.6 is 0 Å². The summed E-state index contributed by atoms with van der Waals surface area (Å²) in [6.07, 6.45) is 3.32. The molecule has 7 heteroatoms. The molecule has 2 N–H and O–H groups in total. The van der Waals surface area contributed by atoms with E-state index in [1.807, 2.05) is 44.2 Å². The minimum absolute atomic E-state index is 0.106. The van der Waals surface area contributed by atoms with Crippen LogP contribution in [-0.4, -0.2) is 37.2 Å². The minimum atomic E-state index is -0.815. The SMILES string of the molecule is C=CCCC[C@H](NC(=O)[C@H](CC(C)C)NC(=O)OCc1ccccc1)C(=O)OC. The number of carbonyl (C=O) groups excluding carboxylic acids is 3. The number of rotatable bonds is 12. The van der Waals surface area contributed by atoms with Gasteiger partial charge in [-0.15, -0.1) is 6.58 Å². The van der Waals surface area contributed by atoms with Gasteiger partial charge in [-0.25, -0.2) is 9.59 Å².